The molecule has 0 radical (unpaired) electrons. The molecule has 0 aliphatic heterocycles. The van der Waals surface area contributed by atoms with Crippen LogP contribution in [0.3, 0.4) is 0 Å². The normalized spacial score (nSPS) is 11.9. The summed E-state index contributed by atoms with van der Waals surface area (Å²) in [5.74, 6) is 1.33. The predicted octanol–water partition coefficient (Wildman–Crippen LogP) is 4.80. The molecule has 2 aromatic carbocycles. The zero-order chi connectivity index (χ0) is 23.9. The molecule has 34 heavy (non-hydrogen) atoms. The topological polar surface area (TPSA) is 94.8 Å². The molecule has 0 saturated heterocycles. The molecule has 8 nitrogen and oxygen atoms in total. The van der Waals surface area contributed by atoms with Crippen LogP contribution in [0.4, 0.5) is 0 Å². The molecule has 1 atom stereocenters. The number of hydroxylamine groups is 1. The molecule has 0 bridgehead atoms. The van der Waals surface area contributed by atoms with Crippen LogP contribution in [0.5, 0.6) is 11.6 Å². The Morgan fingerprint density at radius 2 is 1.85 bits per heavy atom. The van der Waals surface area contributed by atoms with Crippen LogP contribution < -0.4 is 20.3 Å². The van der Waals surface area contributed by atoms with Crippen molar-refractivity contribution in [3.63, 3.8) is 0 Å². The van der Waals surface area contributed by atoms with E-state index in [0.717, 1.165) is 22.3 Å². The van der Waals surface area contributed by atoms with Crippen molar-refractivity contribution in [3.8, 4) is 11.6 Å². The van der Waals surface area contributed by atoms with Gasteiger partial charge in [-0.05, 0) is 57.9 Å². The fourth-order valence-corrected chi connectivity index (χ4v) is 3.72. The van der Waals surface area contributed by atoms with Crippen LogP contribution in [0.2, 0.25) is 0 Å². The zero-order valence-electron chi connectivity index (χ0n) is 18.7. The smallest absolute Gasteiger partial charge is 0.293 e. The van der Waals surface area contributed by atoms with Gasteiger partial charge in [-0.3, -0.25) is 9.63 Å². The van der Waals surface area contributed by atoms with Crippen molar-refractivity contribution < 1.29 is 23.5 Å². The standard InChI is InChI=1S/C25H24BrN3O5/c1-31-18-9-7-16(8-10-18)14-27-21(23-13-17-5-3-4-6-22(17)34-23)15-33-29-24(30)20-12-11-19(26)25(28-20)32-2/h3-13,21,27H,14-15H2,1-2H3,(H,29,30)/t21-/m0/s1. The summed E-state index contributed by atoms with van der Waals surface area (Å²) in [4.78, 5) is 22.2. The molecule has 0 aliphatic carbocycles. The molecule has 2 aromatic heterocycles. The third-order valence-corrected chi connectivity index (χ3v) is 5.76. The van der Waals surface area contributed by atoms with Gasteiger partial charge in [0.15, 0.2) is 0 Å². The number of nitrogens with one attached hydrogen (secondary N) is 2. The average molecular weight is 526 g/mol. The third-order valence-electron chi connectivity index (χ3n) is 5.15. The highest BCUT2D eigenvalue weighted by Crippen LogP contribution is 2.25. The van der Waals surface area contributed by atoms with Crippen LogP contribution >= 0.6 is 15.9 Å². The van der Waals surface area contributed by atoms with Crippen molar-refractivity contribution in [1.82, 2.24) is 15.8 Å². The molecule has 176 valence electrons. The Kier molecular flexibility index (Phi) is 7.79. The number of hydrogen-bond acceptors (Lipinski definition) is 7. The summed E-state index contributed by atoms with van der Waals surface area (Å²) in [5, 5.41) is 4.43. The summed E-state index contributed by atoms with van der Waals surface area (Å²) in [5.41, 5.74) is 4.47. The number of benzene rings is 2. The van der Waals surface area contributed by atoms with E-state index in [1.165, 1.54) is 7.11 Å². The molecule has 0 saturated carbocycles. The highest BCUT2D eigenvalue weighted by molar-refractivity contribution is 9.10. The summed E-state index contributed by atoms with van der Waals surface area (Å²) >= 11 is 3.32. The lowest BCUT2D eigenvalue weighted by Gasteiger charge is -2.17. The van der Waals surface area contributed by atoms with Crippen molar-refractivity contribution in [3.05, 3.63) is 88.2 Å². The Hall–Kier alpha value is -3.40. The number of hydrogen-bond donors (Lipinski definition) is 2. The second-order valence-corrected chi connectivity index (χ2v) is 8.25. The van der Waals surface area contributed by atoms with Gasteiger partial charge in [-0.15, -0.1) is 0 Å². The van der Waals surface area contributed by atoms with Gasteiger partial charge in [0.2, 0.25) is 5.88 Å². The fourth-order valence-electron chi connectivity index (χ4n) is 3.34. The minimum Gasteiger partial charge on any atom is -0.497 e. The van der Waals surface area contributed by atoms with Crippen molar-refractivity contribution in [2.45, 2.75) is 12.6 Å². The van der Waals surface area contributed by atoms with E-state index in [4.69, 9.17) is 18.7 Å². The van der Waals surface area contributed by atoms with E-state index in [0.29, 0.717) is 22.7 Å². The van der Waals surface area contributed by atoms with Crippen LogP contribution in [0.25, 0.3) is 11.0 Å². The van der Waals surface area contributed by atoms with Crippen LogP contribution in [0.15, 0.2) is 75.6 Å². The van der Waals surface area contributed by atoms with E-state index in [1.54, 1.807) is 19.2 Å². The Labute approximate surface area is 205 Å². The second-order valence-electron chi connectivity index (χ2n) is 7.40. The number of para-hydroxylation sites is 1. The Bertz CT molecular complexity index is 1230. The summed E-state index contributed by atoms with van der Waals surface area (Å²) in [6, 6.07) is 20.5. The molecule has 4 rings (SSSR count). The summed E-state index contributed by atoms with van der Waals surface area (Å²) in [6.45, 7) is 0.698. The van der Waals surface area contributed by atoms with Crippen LogP contribution in [-0.4, -0.2) is 31.7 Å². The number of ether oxygens (including phenoxy) is 2. The highest BCUT2D eigenvalue weighted by atomic mass is 79.9. The van der Waals surface area contributed by atoms with Crippen molar-refractivity contribution in [2.24, 2.45) is 0 Å². The number of nitrogens with zero attached hydrogens (tertiary/aromatic N) is 1. The first-order valence-corrected chi connectivity index (χ1v) is 11.3. The molecule has 0 aliphatic rings. The largest absolute Gasteiger partial charge is 0.497 e. The van der Waals surface area contributed by atoms with E-state index in [9.17, 15) is 4.79 Å². The molecule has 0 unspecified atom stereocenters. The van der Waals surface area contributed by atoms with E-state index in [2.05, 4.69) is 31.7 Å². The first-order valence-electron chi connectivity index (χ1n) is 10.5. The fraction of sp³-hybridized carbons (Fsp3) is 0.200. The zero-order valence-corrected chi connectivity index (χ0v) is 20.3. The van der Waals surface area contributed by atoms with E-state index in [-0.39, 0.29) is 18.3 Å². The van der Waals surface area contributed by atoms with Gasteiger partial charge in [0.1, 0.15) is 22.8 Å². The molecule has 0 fully saturated rings. The number of fused-ring (bicyclic) bond motifs is 1. The molecule has 2 N–H and O–H groups in total. The minimum atomic E-state index is -0.482. The first kappa shape index (κ1) is 23.7. The van der Waals surface area contributed by atoms with Gasteiger partial charge in [-0.25, -0.2) is 10.5 Å². The first-order chi connectivity index (χ1) is 16.6. The Balaban J connectivity index is 1.44. The van der Waals surface area contributed by atoms with Crippen molar-refractivity contribution in [2.75, 3.05) is 20.8 Å². The number of pyridine rings is 1. The monoisotopic (exact) mass is 525 g/mol. The van der Waals surface area contributed by atoms with Crippen LogP contribution in [0.1, 0.15) is 27.9 Å². The van der Waals surface area contributed by atoms with Crippen LogP contribution in [-0.2, 0) is 11.4 Å². The maximum atomic E-state index is 12.5. The number of methoxy groups -OCH3 is 2. The Morgan fingerprint density at radius 3 is 2.59 bits per heavy atom. The van der Waals surface area contributed by atoms with Crippen molar-refractivity contribution >= 4 is 32.8 Å². The summed E-state index contributed by atoms with van der Waals surface area (Å²) < 4.78 is 17.0. The lowest BCUT2D eigenvalue weighted by atomic mass is 10.1. The molecule has 1 amide bonds. The molecule has 2 heterocycles. The van der Waals surface area contributed by atoms with E-state index in [1.807, 2.05) is 54.6 Å². The van der Waals surface area contributed by atoms with Gasteiger partial charge < -0.3 is 19.2 Å². The molecule has 4 aromatic rings. The number of halogens is 1. The van der Waals surface area contributed by atoms with Crippen molar-refractivity contribution in [1.29, 1.82) is 0 Å². The van der Waals surface area contributed by atoms with Gasteiger partial charge in [-0.2, -0.15) is 0 Å². The maximum absolute atomic E-state index is 12.5. The number of rotatable bonds is 10. The van der Waals surface area contributed by atoms with Gasteiger partial charge in [0.25, 0.3) is 5.91 Å². The van der Waals surface area contributed by atoms with E-state index >= 15 is 0 Å². The van der Waals surface area contributed by atoms with Gasteiger partial charge in [0.05, 0.1) is 31.3 Å². The van der Waals surface area contributed by atoms with Gasteiger partial charge in [0, 0.05) is 11.9 Å². The number of carbonyl (C=O) groups excluding carboxylic acids is 1. The minimum absolute atomic E-state index is 0.134. The van der Waals surface area contributed by atoms with Gasteiger partial charge >= 0.3 is 0 Å². The predicted molar refractivity (Wildman–Crippen MR) is 131 cm³/mol. The molecular weight excluding hydrogens is 502 g/mol. The third kappa shape index (κ3) is 5.74. The lowest BCUT2D eigenvalue weighted by molar-refractivity contribution is 0.0193. The highest BCUT2D eigenvalue weighted by Gasteiger charge is 2.18. The van der Waals surface area contributed by atoms with Crippen LogP contribution in [0, 0.1) is 0 Å². The number of aromatic nitrogens is 1. The van der Waals surface area contributed by atoms with E-state index < -0.39 is 5.91 Å². The quantitative estimate of drug-likeness (QED) is 0.287. The number of furan rings is 1. The average Bonchev–Trinajstić information content (AvgIpc) is 3.30. The van der Waals surface area contributed by atoms with Gasteiger partial charge in [-0.1, -0.05) is 30.3 Å². The number of carbonyl (C=O) groups is 1. The molecular formula is C25H24BrN3O5. The molecule has 9 heteroatoms. The summed E-state index contributed by atoms with van der Waals surface area (Å²) in [7, 11) is 3.12. The Morgan fingerprint density at radius 1 is 1.06 bits per heavy atom. The number of amides is 1. The lowest BCUT2D eigenvalue weighted by Crippen LogP contribution is -2.31. The summed E-state index contributed by atoms with van der Waals surface area (Å²) in [6.07, 6.45) is 0. The molecule has 0 spiro atoms. The SMILES string of the molecule is COc1ccc(CN[C@@H](CONC(=O)c2ccc(Br)c(OC)n2)c2cc3ccccc3o2)cc1. The maximum Gasteiger partial charge on any atom is 0.293 e. The second kappa shape index (κ2) is 11.1.